The van der Waals surface area contributed by atoms with Crippen molar-refractivity contribution >= 4 is 6.03 Å². The van der Waals surface area contributed by atoms with E-state index in [0.717, 1.165) is 17.0 Å². The van der Waals surface area contributed by atoms with E-state index in [-0.39, 0.29) is 12.1 Å². The molecule has 0 saturated heterocycles. The van der Waals surface area contributed by atoms with Crippen LogP contribution in [0, 0.1) is 13.8 Å². The van der Waals surface area contributed by atoms with Gasteiger partial charge in [0, 0.05) is 11.6 Å². The lowest BCUT2D eigenvalue weighted by Gasteiger charge is -2.13. The first-order chi connectivity index (χ1) is 7.54. The number of amides is 2. The molecule has 0 saturated carbocycles. The molecule has 1 aromatic rings. The van der Waals surface area contributed by atoms with Gasteiger partial charge in [0.25, 0.3) is 0 Å². The van der Waals surface area contributed by atoms with E-state index in [1.807, 2.05) is 20.8 Å². The summed E-state index contributed by atoms with van der Waals surface area (Å²) in [5.41, 5.74) is 4.09. The van der Waals surface area contributed by atoms with Gasteiger partial charge in [-0.1, -0.05) is 5.16 Å². The molecule has 1 aromatic heterocycles. The van der Waals surface area contributed by atoms with E-state index in [2.05, 4.69) is 20.8 Å². The Morgan fingerprint density at radius 1 is 1.56 bits per heavy atom. The third-order valence-corrected chi connectivity index (χ3v) is 2.26. The van der Waals surface area contributed by atoms with Crippen molar-refractivity contribution < 1.29 is 14.2 Å². The average Bonchev–Trinajstić information content (AvgIpc) is 2.49. The summed E-state index contributed by atoms with van der Waals surface area (Å²) in [6.07, 6.45) is 0.679. The maximum atomic E-state index is 11.2. The maximum absolute atomic E-state index is 11.2. The standard InChI is InChI=1S/C10H17N3O3/c1-6(11-10(14)13-15-4)5-9-7(2)12-16-8(9)3/h6H,5H2,1-4H3,(H2,11,13,14). The van der Waals surface area contributed by atoms with Crippen molar-refractivity contribution in [2.24, 2.45) is 0 Å². The molecule has 2 N–H and O–H groups in total. The van der Waals surface area contributed by atoms with E-state index < -0.39 is 0 Å². The maximum Gasteiger partial charge on any atom is 0.338 e. The van der Waals surface area contributed by atoms with Crippen LogP contribution in [0.4, 0.5) is 4.79 Å². The smallest absolute Gasteiger partial charge is 0.338 e. The molecule has 0 aliphatic heterocycles. The Balaban J connectivity index is 2.51. The van der Waals surface area contributed by atoms with Gasteiger partial charge in [0.1, 0.15) is 5.76 Å². The second kappa shape index (κ2) is 5.50. The number of carbonyl (C=O) groups excluding carboxylic acids is 1. The number of hydrogen-bond donors (Lipinski definition) is 2. The Hall–Kier alpha value is -1.56. The fourth-order valence-corrected chi connectivity index (χ4v) is 1.50. The molecule has 1 heterocycles. The fourth-order valence-electron chi connectivity index (χ4n) is 1.50. The number of urea groups is 1. The lowest BCUT2D eigenvalue weighted by Crippen LogP contribution is -2.41. The molecular formula is C10H17N3O3. The summed E-state index contributed by atoms with van der Waals surface area (Å²) in [6.45, 7) is 5.65. The van der Waals surface area contributed by atoms with Crippen molar-refractivity contribution in [3.05, 3.63) is 17.0 Å². The summed E-state index contributed by atoms with van der Waals surface area (Å²) < 4.78 is 5.05. The van der Waals surface area contributed by atoms with Crippen LogP contribution in [0.1, 0.15) is 23.9 Å². The third kappa shape index (κ3) is 3.23. The highest BCUT2D eigenvalue weighted by Gasteiger charge is 2.14. The van der Waals surface area contributed by atoms with Gasteiger partial charge in [-0.05, 0) is 27.2 Å². The predicted octanol–water partition coefficient (Wildman–Crippen LogP) is 1.08. The number of aryl methyl sites for hydroxylation is 2. The Morgan fingerprint density at radius 3 is 2.75 bits per heavy atom. The number of carbonyl (C=O) groups is 1. The molecule has 1 atom stereocenters. The zero-order chi connectivity index (χ0) is 12.1. The summed E-state index contributed by atoms with van der Waals surface area (Å²) in [7, 11) is 1.39. The number of rotatable bonds is 4. The summed E-state index contributed by atoms with van der Waals surface area (Å²) in [4.78, 5) is 15.7. The number of nitrogens with one attached hydrogen (secondary N) is 2. The lowest BCUT2D eigenvalue weighted by molar-refractivity contribution is 0.106. The second-order valence-electron chi connectivity index (χ2n) is 3.69. The summed E-state index contributed by atoms with van der Waals surface area (Å²) in [6, 6.07) is -0.381. The van der Waals surface area contributed by atoms with Crippen LogP contribution in [0.3, 0.4) is 0 Å². The first kappa shape index (κ1) is 12.5. The Labute approximate surface area is 94.3 Å². The zero-order valence-electron chi connectivity index (χ0n) is 9.96. The highest BCUT2D eigenvalue weighted by molar-refractivity contribution is 5.72. The molecule has 6 nitrogen and oxygen atoms in total. The minimum atomic E-state index is -0.359. The van der Waals surface area contributed by atoms with Crippen LogP contribution in [0.5, 0.6) is 0 Å². The fraction of sp³-hybridized carbons (Fsp3) is 0.600. The van der Waals surface area contributed by atoms with Gasteiger partial charge in [0.2, 0.25) is 0 Å². The van der Waals surface area contributed by atoms with Crippen LogP contribution in [0.25, 0.3) is 0 Å². The quantitative estimate of drug-likeness (QED) is 0.755. The second-order valence-corrected chi connectivity index (χ2v) is 3.69. The molecule has 1 rings (SSSR count). The van der Waals surface area contributed by atoms with Crippen LogP contribution in [-0.4, -0.2) is 24.3 Å². The van der Waals surface area contributed by atoms with Crippen molar-refractivity contribution in [2.45, 2.75) is 33.2 Å². The first-order valence-corrected chi connectivity index (χ1v) is 5.05. The van der Waals surface area contributed by atoms with Crippen molar-refractivity contribution in [2.75, 3.05) is 7.11 Å². The minimum absolute atomic E-state index is 0.0213. The average molecular weight is 227 g/mol. The van der Waals surface area contributed by atoms with Crippen molar-refractivity contribution in [1.82, 2.24) is 16.0 Å². The van der Waals surface area contributed by atoms with Crippen LogP contribution >= 0.6 is 0 Å². The minimum Gasteiger partial charge on any atom is -0.361 e. The zero-order valence-corrected chi connectivity index (χ0v) is 9.96. The van der Waals surface area contributed by atoms with E-state index in [0.29, 0.717) is 6.42 Å². The van der Waals surface area contributed by atoms with Gasteiger partial charge in [-0.15, -0.1) is 0 Å². The van der Waals surface area contributed by atoms with Crippen LogP contribution in [0.2, 0.25) is 0 Å². The van der Waals surface area contributed by atoms with Gasteiger partial charge in [0.15, 0.2) is 0 Å². The van der Waals surface area contributed by atoms with Gasteiger partial charge in [-0.2, -0.15) is 0 Å². The summed E-state index contributed by atoms with van der Waals surface area (Å²) in [5, 5.41) is 6.59. The van der Waals surface area contributed by atoms with Crippen molar-refractivity contribution in [3.63, 3.8) is 0 Å². The van der Waals surface area contributed by atoms with Gasteiger partial charge in [-0.3, -0.25) is 4.84 Å². The summed E-state index contributed by atoms with van der Waals surface area (Å²) >= 11 is 0. The predicted molar refractivity (Wildman–Crippen MR) is 57.8 cm³/mol. The van der Waals surface area contributed by atoms with E-state index in [1.165, 1.54) is 7.11 Å². The highest BCUT2D eigenvalue weighted by Crippen LogP contribution is 2.14. The van der Waals surface area contributed by atoms with Gasteiger partial charge in [-0.25, -0.2) is 10.3 Å². The van der Waals surface area contributed by atoms with Crippen LogP contribution in [0.15, 0.2) is 4.52 Å². The van der Waals surface area contributed by atoms with Crippen LogP contribution in [-0.2, 0) is 11.3 Å². The van der Waals surface area contributed by atoms with Gasteiger partial charge < -0.3 is 9.84 Å². The summed E-state index contributed by atoms with van der Waals surface area (Å²) in [5.74, 6) is 0.790. The number of hydrogen-bond acceptors (Lipinski definition) is 4. The number of aromatic nitrogens is 1. The molecule has 16 heavy (non-hydrogen) atoms. The molecule has 0 spiro atoms. The molecule has 0 fully saturated rings. The third-order valence-electron chi connectivity index (χ3n) is 2.26. The monoisotopic (exact) mass is 227 g/mol. The molecule has 0 radical (unpaired) electrons. The largest absolute Gasteiger partial charge is 0.361 e. The Morgan fingerprint density at radius 2 is 2.25 bits per heavy atom. The molecule has 2 amide bonds. The van der Waals surface area contributed by atoms with Gasteiger partial charge >= 0.3 is 6.03 Å². The first-order valence-electron chi connectivity index (χ1n) is 5.05. The molecule has 1 unspecified atom stereocenters. The highest BCUT2D eigenvalue weighted by atomic mass is 16.6. The molecule has 90 valence electrons. The van der Waals surface area contributed by atoms with Crippen molar-refractivity contribution in [1.29, 1.82) is 0 Å². The number of hydroxylamine groups is 1. The molecule has 0 aliphatic carbocycles. The molecule has 0 aromatic carbocycles. The van der Waals surface area contributed by atoms with Crippen molar-refractivity contribution in [3.8, 4) is 0 Å². The molecule has 0 aliphatic rings. The number of nitrogens with zero attached hydrogens (tertiary/aromatic N) is 1. The Bertz CT molecular complexity index is 343. The van der Waals surface area contributed by atoms with E-state index in [4.69, 9.17) is 4.52 Å². The lowest BCUT2D eigenvalue weighted by atomic mass is 10.1. The normalized spacial score (nSPS) is 12.2. The Kier molecular flexibility index (Phi) is 4.30. The molecule has 0 bridgehead atoms. The SMILES string of the molecule is CONC(=O)NC(C)Cc1c(C)noc1C. The van der Waals surface area contributed by atoms with E-state index in [9.17, 15) is 4.79 Å². The topological polar surface area (TPSA) is 76.4 Å². The van der Waals surface area contributed by atoms with E-state index >= 15 is 0 Å². The van der Waals surface area contributed by atoms with E-state index in [1.54, 1.807) is 0 Å². The van der Waals surface area contributed by atoms with Crippen LogP contribution < -0.4 is 10.8 Å². The molecular weight excluding hydrogens is 210 g/mol. The van der Waals surface area contributed by atoms with Gasteiger partial charge in [0.05, 0.1) is 12.8 Å². The molecule has 6 heteroatoms.